The van der Waals surface area contributed by atoms with Crippen LogP contribution in [-0.2, 0) is 0 Å². The number of hydrogen-bond donors (Lipinski definition) is 2. The molecule has 0 saturated carbocycles. The Hall–Kier alpha value is -6.21. The summed E-state index contributed by atoms with van der Waals surface area (Å²) >= 11 is 5.30. The predicted octanol–water partition coefficient (Wildman–Crippen LogP) is 6.92. The van der Waals surface area contributed by atoms with Crippen molar-refractivity contribution in [1.82, 2.24) is 29.6 Å². The number of amides is 3. The molecule has 2 aromatic heterocycles. The van der Waals surface area contributed by atoms with Crippen molar-refractivity contribution in [1.29, 1.82) is 0 Å². The summed E-state index contributed by atoms with van der Waals surface area (Å²) in [5.74, 6) is -0.138. The zero-order chi connectivity index (χ0) is 42.1. The molecule has 3 N–H and O–H groups in total. The number of carbonyl (C=O) groups is 4. The van der Waals surface area contributed by atoms with E-state index in [1.807, 2.05) is 84.6 Å². The minimum Gasteiger partial charge on any atom is -0.399 e. The van der Waals surface area contributed by atoms with Gasteiger partial charge in [0.25, 0.3) is 23.0 Å². The Labute approximate surface area is 349 Å². The number of nitrogens with one attached hydrogen (secondary N) is 1. The van der Waals surface area contributed by atoms with E-state index in [9.17, 15) is 19.2 Å². The lowest BCUT2D eigenvalue weighted by atomic mass is 10.1. The summed E-state index contributed by atoms with van der Waals surface area (Å²) in [7, 11) is 8.20. The van der Waals surface area contributed by atoms with Crippen LogP contribution < -0.4 is 11.1 Å². The van der Waals surface area contributed by atoms with Gasteiger partial charge in [0.2, 0.25) is 0 Å². The average Bonchev–Trinajstić information content (AvgIpc) is 3.96. The number of rotatable bonds is 7. The van der Waals surface area contributed by atoms with E-state index < -0.39 is 5.24 Å². The van der Waals surface area contributed by atoms with E-state index in [1.54, 1.807) is 60.7 Å². The van der Waals surface area contributed by atoms with Crippen molar-refractivity contribution in [3.05, 3.63) is 144 Å². The van der Waals surface area contributed by atoms with E-state index in [0.717, 1.165) is 66.4 Å². The smallest absolute Gasteiger partial charge is 0.274 e. The second-order valence-electron chi connectivity index (χ2n) is 15.0. The van der Waals surface area contributed by atoms with Crippen molar-refractivity contribution >= 4 is 67.7 Å². The number of nitrogens with two attached hydrogens (primary N) is 1. The molecule has 3 amide bonds. The van der Waals surface area contributed by atoms with Gasteiger partial charge in [0.15, 0.2) is 0 Å². The minimum atomic E-state index is -0.522. The van der Waals surface area contributed by atoms with Gasteiger partial charge in [0, 0.05) is 71.5 Å². The van der Waals surface area contributed by atoms with Crippen molar-refractivity contribution in [2.45, 2.75) is 24.9 Å². The molecule has 0 aliphatic carbocycles. The van der Waals surface area contributed by atoms with Gasteiger partial charge in [-0.25, -0.2) is 9.97 Å². The van der Waals surface area contributed by atoms with Gasteiger partial charge in [-0.2, -0.15) is 0 Å². The molecule has 2 fully saturated rings. The monoisotopic (exact) mass is 812 g/mol. The van der Waals surface area contributed by atoms with Crippen LogP contribution in [0.2, 0.25) is 0 Å². The van der Waals surface area contributed by atoms with Crippen LogP contribution >= 0.6 is 11.6 Å². The SMILES string of the molecule is CN(C)C1CCN(C(=O)c2ccc(N)cc2)C1.CN(C)C1CCN(C(=O)c2ccc(NC(=O)c3ccc4ccccc4n3)cc2)C1.O=C(Cl)c1ccc2ccccc2n1. The van der Waals surface area contributed by atoms with Crippen LogP contribution in [-0.4, -0.2) is 119 Å². The molecule has 2 atom stereocenters. The van der Waals surface area contributed by atoms with E-state index in [2.05, 4.69) is 39.2 Å². The van der Waals surface area contributed by atoms with Crippen molar-refractivity contribution in [3.63, 3.8) is 0 Å². The zero-order valence-electron chi connectivity index (χ0n) is 33.7. The molecule has 0 bridgehead atoms. The summed E-state index contributed by atoms with van der Waals surface area (Å²) in [4.78, 5) is 64.9. The number of anilines is 2. The normalized spacial score (nSPS) is 16.1. The third-order valence-corrected chi connectivity index (χ3v) is 10.7. The van der Waals surface area contributed by atoms with Crippen LogP contribution in [0, 0.1) is 0 Å². The van der Waals surface area contributed by atoms with Gasteiger partial charge < -0.3 is 30.7 Å². The maximum Gasteiger partial charge on any atom is 0.274 e. The Morgan fingerprint density at radius 2 is 1.05 bits per heavy atom. The molecule has 2 aliphatic heterocycles. The Balaban J connectivity index is 0.000000165. The number of benzene rings is 4. The van der Waals surface area contributed by atoms with Gasteiger partial charge in [-0.15, -0.1) is 0 Å². The van der Waals surface area contributed by atoms with Crippen LogP contribution in [0.1, 0.15) is 54.5 Å². The summed E-state index contributed by atoms with van der Waals surface area (Å²) < 4.78 is 0. The zero-order valence-corrected chi connectivity index (χ0v) is 34.5. The lowest BCUT2D eigenvalue weighted by Crippen LogP contribution is -2.34. The molecule has 4 heterocycles. The van der Waals surface area contributed by atoms with Gasteiger partial charge in [0.05, 0.1) is 11.0 Å². The van der Waals surface area contributed by atoms with Crippen molar-refractivity contribution in [2.24, 2.45) is 0 Å². The molecule has 2 aliphatic rings. The minimum absolute atomic E-state index is 0.0309. The topological polar surface area (TPSA) is 145 Å². The molecule has 0 radical (unpaired) electrons. The van der Waals surface area contributed by atoms with Gasteiger partial charge in [-0.3, -0.25) is 19.2 Å². The maximum atomic E-state index is 12.7. The highest BCUT2D eigenvalue weighted by atomic mass is 35.5. The Kier molecular flexibility index (Phi) is 14.0. The molecule has 2 unspecified atom stereocenters. The third kappa shape index (κ3) is 11.1. The highest BCUT2D eigenvalue weighted by molar-refractivity contribution is 6.67. The first-order valence-electron chi connectivity index (χ1n) is 19.5. The molecule has 6 aromatic rings. The fourth-order valence-corrected chi connectivity index (χ4v) is 7.05. The first kappa shape index (κ1) is 42.4. The number of aromatic nitrogens is 2. The van der Waals surface area contributed by atoms with E-state index in [4.69, 9.17) is 17.3 Å². The fraction of sp³-hybridized carbons (Fsp3) is 0.261. The molecule has 8 rings (SSSR count). The summed E-state index contributed by atoms with van der Waals surface area (Å²) in [5.41, 5.74) is 10.5. The fourth-order valence-electron chi connectivity index (χ4n) is 6.95. The number of nitrogens with zero attached hydrogens (tertiary/aromatic N) is 6. The number of halogens is 1. The Morgan fingerprint density at radius 1 is 0.610 bits per heavy atom. The summed E-state index contributed by atoms with van der Waals surface area (Å²) in [5, 5.41) is 4.32. The molecular weight excluding hydrogens is 764 g/mol. The lowest BCUT2D eigenvalue weighted by Gasteiger charge is -2.20. The summed E-state index contributed by atoms with van der Waals surface area (Å²) in [6.07, 6.45) is 2.04. The molecule has 4 aromatic carbocycles. The highest BCUT2D eigenvalue weighted by Crippen LogP contribution is 2.20. The number of pyridine rings is 2. The second-order valence-corrected chi connectivity index (χ2v) is 15.4. The lowest BCUT2D eigenvalue weighted by molar-refractivity contribution is 0.0775. The molecule has 59 heavy (non-hydrogen) atoms. The first-order valence-corrected chi connectivity index (χ1v) is 19.8. The van der Waals surface area contributed by atoms with Gasteiger partial charge in [-0.1, -0.05) is 48.5 Å². The highest BCUT2D eigenvalue weighted by Gasteiger charge is 2.29. The Morgan fingerprint density at radius 3 is 1.51 bits per heavy atom. The van der Waals surface area contributed by atoms with E-state index in [1.165, 1.54) is 0 Å². The number of para-hydroxylation sites is 2. The number of hydrogen-bond acceptors (Lipinski definition) is 9. The van der Waals surface area contributed by atoms with Crippen LogP contribution in [0.3, 0.4) is 0 Å². The predicted molar refractivity (Wildman–Crippen MR) is 235 cm³/mol. The van der Waals surface area contributed by atoms with E-state index >= 15 is 0 Å². The largest absolute Gasteiger partial charge is 0.399 e. The molecule has 2 saturated heterocycles. The molecular formula is C46H49ClN8O4. The quantitative estimate of drug-likeness (QED) is 0.130. The number of likely N-dealkylation sites (N-methyl/N-ethyl adjacent to an activating group) is 2. The second kappa shape index (κ2) is 19.5. The molecule has 0 spiro atoms. The summed E-state index contributed by atoms with van der Waals surface area (Å²) in [6, 6.07) is 37.3. The average molecular weight is 813 g/mol. The van der Waals surface area contributed by atoms with Gasteiger partial charge in [-0.05, 0) is 125 Å². The van der Waals surface area contributed by atoms with E-state index in [-0.39, 0.29) is 17.7 Å². The third-order valence-electron chi connectivity index (χ3n) is 10.5. The van der Waals surface area contributed by atoms with Crippen molar-refractivity contribution < 1.29 is 19.2 Å². The summed E-state index contributed by atoms with van der Waals surface area (Å²) in [6.45, 7) is 3.17. The van der Waals surface area contributed by atoms with E-state index in [0.29, 0.717) is 40.4 Å². The first-order chi connectivity index (χ1) is 28.4. The van der Waals surface area contributed by atoms with Crippen molar-refractivity contribution in [3.8, 4) is 0 Å². The van der Waals surface area contributed by atoms with Crippen LogP contribution in [0.25, 0.3) is 21.8 Å². The van der Waals surface area contributed by atoms with Crippen LogP contribution in [0.15, 0.2) is 121 Å². The van der Waals surface area contributed by atoms with Crippen LogP contribution in [0.4, 0.5) is 11.4 Å². The molecule has 304 valence electrons. The molecule has 13 heteroatoms. The standard InChI is InChI=1S/C23H24N4O2.C13H19N3O.C10H6ClNO/c1-26(2)19-13-14-27(15-19)23(29)17-7-10-18(11-8-17)24-22(28)21-12-9-16-5-3-4-6-20(16)25-21;1-15(2)12-7-8-16(9-12)13(17)10-3-5-11(14)6-4-10;11-10(13)9-6-5-7-3-1-2-4-8(7)12-9/h3-12,19H,13-15H2,1-2H3,(H,24,28);3-6,12H,7-9,14H2,1-2H3;1-6H. The van der Waals surface area contributed by atoms with Gasteiger partial charge in [0.1, 0.15) is 11.4 Å². The number of nitrogen functional groups attached to an aromatic ring is 1. The Bertz CT molecular complexity index is 2420. The number of likely N-dealkylation sites (tertiary alicyclic amines) is 2. The van der Waals surface area contributed by atoms with Crippen molar-refractivity contribution in [2.75, 3.05) is 65.4 Å². The van der Waals surface area contributed by atoms with Gasteiger partial charge >= 0.3 is 0 Å². The van der Waals surface area contributed by atoms with Crippen LogP contribution in [0.5, 0.6) is 0 Å². The number of carbonyl (C=O) groups excluding carboxylic acids is 4. The molecule has 12 nitrogen and oxygen atoms in total. The number of fused-ring (bicyclic) bond motifs is 2. The maximum absolute atomic E-state index is 12.7.